The minimum atomic E-state index is -0.432. The predicted octanol–water partition coefficient (Wildman–Crippen LogP) is 5.40. The van der Waals surface area contributed by atoms with Crippen LogP contribution in [0.15, 0.2) is 54.7 Å². The maximum Gasteiger partial charge on any atom is 0.327 e. The number of nitrogens with zero attached hydrogens (tertiary/aromatic N) is 2. The highest BCUT2D eigenvalue weighted by Crippen LogP contribution is 2.31. The molecule has 8 heteroatoms. The molecule has 25 heavy (non-hydrogen) atoms. The van der Waals surface area contributed by atoms with E-state index < -0.39 is 11.8 Å². The number of carbonyl (C=O) groups excluding carboxylic acids is 1. The number of aromatic nitrogens is 1. The van der Waals surface area contributed by atoms with Gasteiger partial charge in [0.05, 0.1) is 6.20 Å². The smallest absolute Gasteiger partial charge is 0.327 e. The number of amides is 2. The minimum absolute atomic E-state index is 0.372. The molecule has 1 heterocycles. The maximum atomic E-state index is 13.3. The molecule has 0 aliphatic heterocycles. The summed E-state index contributed by atoms with van der Waals surface area (Å²) in [6.45, 7) is 0. The number of thiazole rings is 1. The largest absolute Gasteiger partial charge is 0.445 e. The van der Waals surface area contributed by atoms with E-state index in [2.05, 4.69) is 10.3 Å². The highest BCUT2D eigenvalue weighted by atomic mass is 35.5. The van der Waals surface area contributed by atoms with Crippen LogP contribution in [0.4, 0.5) is 20.0 Å². The molecule has 3 aromatic rings. The van der Waals surface area contributed by atoms with Crippen LogP contribution >= 0.6 is 22.9 Å². The lowest BCUT2D eigenvalue weighted by molar-refractivity contribution is 0.258. The van der Waals surface area contributed by atoms with Crippen molar-refractivity contribution in [3.8, 4) is 10.8 Å². The lowest BCUT2D eigenvalue weighted by atomic mass is 10.3. The summed E-state index contributed by atoms with van der Waals surface area (Å²) in [5, 5.41) is 4.15. The fourth-order valence-electron chi connectivity index (χ4n) is 1.96. The molecule has 0 spiro atoms. The number of urea groups is 1. The Morgan fingerprint density at radius 3 is 2.76 bits per heavy atom. The lowest BCUT2D eigenvalue weighted by Crippen LogP contribution is -2.31. The number of halogens is 2. The topological polar surface area (TPSA) is 54.5 Å². The Kier molecular flexibility index (Phi) is 5.16. The van der Waals surface area contributed by atoms with Gasteiger partial charge in [0.25, 0.3) is 0 Å². The van der Waals surface area contributed by atoms with Crippen molar-refractivity contribution >= 4 is 39.8 Å². The van der Waals surface area contributed by atoms with E-state index in [4.69, 9.17) is 16.3 Å². The molecule has 1 N–H and O–H groups in total. The molecule has 0 aliphatic carbocycles. The first kappa shape index (κ1) is 17.2. The average molecular weight is 378 g/mol. The number of benzene rings is 2. The van der Waals surface area contributed by atoms with Gasteiger partial charge in [-0.2, -0.15) is 0 Å². The van der Waals surface area contributed by atoms with Crippen LogP contribution in [-0.2, 0) is 0 Å². The number of carbonyl (C=O) groups is 1. The van der Waals surface area contributed by atoms with Crippen LogP contribution in [0.25, 0.3) is 0 Å². The zero-order chi connectivity index (χ0) is 17.8. The number of nitrogens with one attached hydrogen (secondary N) is 1. The fraction of sp³-hybridized carbons (Fsp3) is 0.0588. The molecular weight excluding hydrogens is 365 g/mol. The van der Waals surface area contributed by atoms with E-state index in [1.54, 1.807) is 37.4 Å². The normalized spacial score (nSPS) is 10.4. The summed E-state index contributed by atoms with van der Waals surface area (Å²) < 4.78 is 18.9. The molecule has 0 radical (unpaired) electrons. The number of anilines is 2. The molecule has 0 unspecified atom stereocenters. The molecule has 0 saturated heterocycles. The van der Waals surface area contributed by atoms with Crippen LogP contribution in [0.2, 0.25) is 5.02 Å². The Morgan fingerprint density at radius 1 is 1.28 bits per heavy atom. The highest BCUT2D eigenvalue weighted by Gasteiger charge is 2.14. The Labute approximate surface area is 152 Å². The van der Waals surface area contributed by atoms with E-state index in [9.17, 15) is 9.18 Å². The van der Waals surface area contributed by atoms with Gasteiger partial charge in [-0.05, 0) is 42.5 Å². The SMILES string of the molecule is CN(C(=O)Nc1ncc(Oc2ccc(Cl)cc2)s1)c1cccc(F)c1. The fourth-order valence-corrected chi connectivity index (χ4v) is 2.76. The summed E-state index contributed by atoms with van der Waals surface area (Å²) in [5.41, 5.74) is 0.437. The van der Waals surface area contributed by atoms with Crippen molar-refractivity contribution in [2.75, 3.05) is 17.3 Å². The zero-order valence-corrected chi connectivity index (χ0v) is 14.6. The molecule has 2 amide bonds. The van der Waals surface area contributed by atoms with Crippen molar-refractivity contribution in [3.63, 3.8) is 0 Å². The van der Waals surface area contributed by atoms with Crippen LogP contribution in [0.1, 0.15) is 0 Å². The molecule has 0 saturated carbocycles. The van der Waals surface area contributed by atoms with Crippen molar-refractivity contribution in [1.29, 1.82) is 0 Å². The van der Waals surface area contributed by atoms with Gasteiger partial charge in [0.15, 0.2) is 5.13 Å². The average Bonchev–Trinajstić information content (AvgIpc) is 3.03. The Hall–Kier alpha value is -2.64. The number of ether oxygens (including phenoxy) is 1. The molecule has 1 aromatic heterocycles. The van der Waals surface area contributed by atoms with Crippen LogP contribution < -0.4 is 15.0 Å². The molecule has 0 bridgehead atoms. The third kappa shape index (κ3) is 4.46. The second-order valence-corrected chi connectivity index (χ2v) is 6.44. The van der Waals surface area contributed by atoms with Gasteiger partial charge in [0.1, 0.15) is 11.6 Å². The molecule has 0 aliphatic rings. The second-order valence-electron chi connectivity index (χ2n) is 5.01. The predicted molar refractivity (Wildman–Crippen MR) is 97.5 cm³/mol. The Bertz CT molecular complexity index is 886. The quantitative estimate of drug-likeness (QED) is 0.662. The Morgan fingerprint density at radius 2 is 2.04 bits per heavy atom. The van der Waals surface area contributed by atoms with Gasteiger partial charge in [-0.25, -0.2) is 14.2 Å². The summed E-state index contributed by atoms with van der Waals surface area (Å²) in [6.07, 6.45) is 1.51. The first-order chi connectivity index (χ1) is 12.0. The number of rotatable bonds is 4. The van der Waals surface area contributed by atoms with Crippen LogP contribution in [0.3, 0.4) is 0 Å². The summed E-state index contributed by atoms with van der Waals surface area (Å²) in [4.78, 5) is 17.6. The molecule has 128 valence electrons. The first-order valence-electron chi connectivity index (χ1n) is 7.21. The van der Waals surface area contributed by atoms with E-state index in [1.165, 1.54) is 40.6 Å². The van der Waals surface area contributed by atoms with Crippen molar-refractivity contribution < 1.29 is 13.9 Å². The van der Waals surface area contributed by atoms with E-state index >= 15 is 0 Å². The maximum absolute atomic E-state index is 13.3. The highest BCUT2D eigenvalue weighted by molar-refractivity contribution is 7.17. The van der Waals surface area contributed by atoms with Gasteiger partial charge in [-0.1, -0.05) is 29.0 Å². The van der Waals surface area contributed by atoms with Crippen molar-refractivity contribution in [3.05, 3.63) is 65.6 Å². The standard InChI is InChI=1S/C17H13ClFN3O2S/c1-22(13-4-2-3-12(19)9-13)17(23)21-16-20-10-15(25-16)24-14-7-5-11(18)6-8-14/h2-10H,1H3,(H,20,21,23). The van der Waals surface area contributed by atoms with E-state index in [1.807, 2.05) is 0 Å². The van der Waals surface area contributed by atoms with E-state index in [0.29, 0.717) is 26.7 Å². The van der Waals surface area contributed by atoms with E-state index in [0.717, 1.165) is 0 Å². The van der Waals surface area contributed by atoms with Crippen LogP contribution in [-0.4, -0.2) is 18.1 Å². The lowest BCUT2D eigenvalue weighted by Gasteiger charge is -2.16. The summed E-state index contributed by atoms with van der Waals surface area (Å²) in [5.74, 6) is 0.202. The molecule has 3 rings (SSSR count). The molecular formula is C17H13ClFN3O2S. The minimum Gasteiger partial charge on any atom is -0.445 e. The third-order valence-electron chi connectivity index (χ3n) is 3.23. The van der Waals surface area contributed by atoms with Gasteiger partial charge < -0.3 is 4.74 Å². The van der Waals surface area contributed by atoms with Crippen LogP contribution in [0.5, 0.6) is 10.8 Å². The van der Waals surface area contributed by atoms with E-state index in [-0.39, 0.29) is 0 Å². The monoisotopic (exact) mass is 377 g/mol. The van der Waals surface area contributed by atoms with Gasteiger partial charge in [-0.15, -0.1) is 0 Å². The van der Waals surface area contributed by atoms with Crippen molar-refractivity contribution in [2.45, 2.75) is 0 Å². The zero-order valence-electron chi connectivity index (χ0n) is 13.1. The first-order valence-corrected chi connectivity index (χ1v) is 8.40. The summed E-state index contributed by atoms with van der Waals surface area (Å²) in [7, 11) is 1.54. The summed E-state index contributed by atoms with van der Waals surface area (Å²) in [6, 6.07) is 12.2. The Balaban J connectivity index is 1.64. The third-order valence-corrected chi connectivity index (χ3v) is 4.27. The van der Waals surface area contributed by atoms with Crippen molar-refractivity contribution in [1.82, 2.24) is 4.98 Å². The van der Waals surface area contributed by atoms with Crippen molar-refractivity contribution in [2.24, 2.45) is 0 Å². The molecule has 2 aromatic carbocycles. The summed E-state index contributed by atoms with van der Waals surface area (Å²) >= 11 is 7.00. The molecule has 0 atom stereocenters. The molecule has 5 nitrogen and oxygen atoms in total. The molecule has 0 fully saturated rings. The van der Waals surface area contributed by atoms with Crippen LogP contribution in [0, 0.1) is 5.82 Å². The number of hydrogen-bond donors (Lipinski definition) is 1. The van der Waals surface area contributed by atoms with Gasteiger partial charge in [0, 0.05) is 17.8 Å². The van der Waals surface area contributed by atoms with Gasteiger partial charge >= 0.3 is 6.03 Å². The van der Waals surface area contributed by atoms with Gasteiger partial charge in [-0.3, -0.25) is 10.2 Å². The second kappa shape index (κ2) is 7.50. The number of hydrogen-bond acceptors (Lipinski definition) is 4. The van der Waals surface area contributed by atoms with Gasteiger partial charge in [0.2, 0.25) is 5.06 Å².